The summed E-state index contributed by atoms with van der Waals surface area (Å²) in [5.74, 6) is 1.90. The Labute approximate surface area is 142 Å². The molecule has 0 bridgehead atoms. The van der Waals surface area contributed by atoms with Gasteiger partial charge in [0.25, 0.3) is 0 Å². The van der Waals surface area contributed by atoms with Gasteiger partial charge in [-0.15, -0.1) is 0 Å². The SMILES string of the molecule is CC1NNC(C2CC2)C1C(=O)N1CCC(Oc2ccncc2)CC1. The molecule has 130 valence electrons. The molecule has 3 aliphatic rings. The molecule has 1 aromatic heterocycles. The third-order valence-electron chi connectivity index (χ3n) is 5.52. The highest BCUT2D eigenvalue weighted by molar-refractivity contribution is 5.81. The van der Waals surface area contributed by atoms with Gasteiger partial charge in [-0.1, -0.05) is 0 Å². The first kappa shape index (κ1) is 15.8. The van der Waals surface area contributed by atoms with Crippen molar-refractivity contribution in [2.75, 3.05) is 13.1 Å². The fraction of sp³-hybridized carbons (Fsp3) is 0.667. The fourth-order valence-electron chi connectivity index (χ4n) is 3.97. The minimum atomic E-state index is 0.0650. The first-order valence-corrected chi connectivity index (χ1v) is 9.09. The molecule has 3 fully saturated rings. The van der Waals surface area contributed by atoms with Crippen molar-refractivity contribution in [2.24, 2.45) is 11.8 Å². The number of likely N-dealkylation sites (tertiary alicyclic amines) is 1. The number of pyridine rings is 1. The minimum absolute atomic E-state index is 0.0650. The molecule has 3 unspecified atom stereocenters. The third kappa shape index (κ3) is 3.26. The Balaban J connectivity index is 1.32. The van der Waals surface area contributed by atoms with Crippen LogP contribution in [0.2, 0.25) is 0 Å². The van der Waals surface area contributed by atoms with E-state index in [9.17, 15) is 4.79 Å². The molecule has 0 spiro atoms. The van der Waals surface area contributed by atoms with Crippen LogP contribution >= 0.6 is 0 Å². The van der Waals surface area contributed by atoms with Crippen LogP contribution in [0.4, 0.5) is 0 Å². The summed E-state index contributed by atoms with van der Waals surface area (Å²) in [6.07, 6.45) is 7.96. The number of nitrogens with zero attached hydrogens (tertiary/aromatic N) is 2. The molecule has 6 heteroatoms. The molecule has 1 aromatic rings. The minimum Gasteiger partial charge on any atom is -0.490 e. The summed E-state index contributed by atoms with van der Waals surface area (Å²) in [4.78, 5) is 19.1. The maximum Gasteiger partial charge on any atom is 0.228 e. The number of carbonyl (C=O) groups is 1. The van der Waals surface area contributed by atoms with Crippen LogP contribution in [0.15, 0.2) is 24.5 Å². The summed E-state index contributed by atoms with van der Waals surface area (Å²) >= 11 is 0. The first-order chi connectivity index (χ1) is 11.7. The highest BCUT2D eigenvalue weighted by Crippen LogP contribution is 2.39. The molecule has 0 radical (unpaired) electrons. The molecule has 24 heavy (non-hydrogen) atoms. The van der Waals surface area contributed by atoms with E-state index in [1.165, 1.54) is 12.8 Å². The number of hydrogen-bond donors (Lipinski definition) is 2. The number of nitrogens with one attached hydrogen (secondary N) is 2. The number of amides is 1. The van der Waals surface area contributed by atoms with Crippen molar-refractivity contribution in [2.45, 2.75) is 50.8 Å². The Morgan fingerprint density at radius 1 is 1.17 bits per heavy atom. The van der Waals surface area contributed by atoms with E-state index in [4.69, 9.17) is 4.74 Å². The summed E-state index contributed by atoms with van der Waals surface area (Å²) in [6, 6.07) is 4.28. The second kappa shape index (κ2) is 6.69. The molecule has 2 N–H and O–H groups in total. The van der Waals surface area contributed by atoms with Crippen molar-refractivity contribution in [3.63, 3.8) is 0 Å². The van der Waals surface area contributed by atoms with E-state index < -0.39 is 0 Å². The monoisotopic (exact) mass is 330 g/mol. The predicted molar refractivity (Wildman–Crippen MR) is 90.2 cm³/mol. The van der Waals surface area contributed by atoms with Gasteiger partial charge in [-0.2, -0.15) is 0 Å². The topological polar surface area (TPSA) is 66.5 Å². The van der Waals surface area contributed by atoms with Crippen LogP contribution in [0, 0.1) is 11.8 Å². The lowest BCUT2D eigenvalue weighted by Gasteiger charge is -2.35. The molecular weight excluding hydrogens is 304 g/mol. The summed E-state index contributed by atoms with van der Waals surface area (Å²) in [7, 11) is 0. The van der Waals surface area contributed by atoms with Gasteiger partial charge in [0, 0.05) is 50.4 Å². The van der Waals surface area contributed by atoms with Crippen LogP contribution < -0.4 is 15.6 Å². The zero-order valence-electron chi connectivity index (χ0n) is 14.1. The van der Waals surface area contributed by atoms with Crippen molar-refractivity contribution in [1.29, 1.82) is 0 Å². The van der Waals surface area contributed by atoms with Gasteiger partial charge in [0.15, 0.2) is 0 Å². The number of rotatable bonds is 4. The van der Waals surface area contributed by atoms with E-state index >= 15 is 0 Å². The molecule has 4 rings (SSSR count). The Morgan fingerprint density at radius 2 is 1.88 bits per heavy atom. The summed E-state index contributed by atoms with van der Waals surface area (Å²) < 4.78 is 6.00. The van der Waals surface area contributed by atoms with Gasteiger partial charge < -0.3 is 9.64 Å². The molecule has 1 aliphatic carbocycles. The number of hydrogen-bond acceptors (Lipinski definition) is 5. The van der Waals surface area contributed by atoms with E-state index in [1.54, 1.807) is 12.4 Å². The van der Waals surface area contributed by atoms with Crippen LogP contribution in [-0.2, 0) is 4.79 Å². The zero-order valence-corrected chi connectivity index (χ0v) is 14.1. The second-order valence-electron chi connectivity index (χ2n) is 7.29. The predicted octanol–water partition coefficient (Wildman–Crippen LogP) is 1.34. The van der Waals surface area contributed by atoms with Crippen LogP contribution in [0.1, 0.15) is 32.6 Å². The molecule has 0 aromatic carbocycles. The van der Waals surface area contributed by atoms with Gasteiger partial charge in [0.2, 0.25) is 5.91 Å². The Bertz CT molecular complexity index is 570. The second-order valence-corrected chi connectivity index (χ2v) is 7.29. The van der Waals surface area contributed by atoms with E-state index in [1.807, 2.05) is 17.0 Å². The van der Waals surface area contributed by atoms with Crippen LogP contribution in [0.3, 0.4) is 0 Å². The molecule has 3 heterocycles. The van der Waals surface area contributed by atoms with Crippen LogP contribution in [0.5, 0.6) is 5.75 Å². The van der Waals surface area contributed by atoms with E-state index in [0.29, 0.717) is 17.9 Å². The Hall–Kier alpha value is -1.66. The van der Waals surface area contributed by atoms with Gasteiger partial charge in [-0.25, -0.2) is 0 Å². The van der Waals surface area contributed by atoms with Gasteiger partial charge in [0.1, 0.15) is 11.9 Å². The van der Waals surface area contributed by atoms with Crippen molar-refractivity contribution in [3.8, 4) is 5.75 Å². The van der Waals surface area contributed by atoms with Crippen molar-refractivity contribution in [1.82, 2.24) is 20.7 Å². The van der Waals surface area contributed by atoms with E-state index in [0.717, 1.165) is 31.7 Å². The van der Waals surface area contributed by atoms with Crippen LogP contribution in [0.25, 0.3) is 0 Å². The number of aromatic nitrogens is 1. The van der Waals surface area contributed by atoms with Gasteiger partial charge in [-0.3, -0.25) is 20.6 Å². The van der Waals surface area contributed by atoms with Crippen LogP contribution in [-0.4, -0.2) is 47.1 Å². The lowest BCUT2D eigenvalue weighted by Crippen LogP contribution is -2.49. The number of carbonyl (C=O) groups excluding carboxylic acids is 1. The molecule has 1 saturated carbocycles. The highest BCUT2D eigenvalue weighted by atomic mass is 16.5. The molecule has 6 nitrogen and oxygen atoms in total. The quantitative estimate of drug-likeness (QED) is 0.872. The molecule has 3 atom stereocenters. The zero-order chi connectivity index (χ0) is 16.5. The van der Waals surface area contributed by atoms with Gasteiger partial charge >= 0.3 is 0 Å². The summed E-state index contributed by atoms with van der Waals surface area (Å²) in [5.41, 5.74) is 6.63. The number of piperidine rings is 1. The van der Waals surface area contributed by atoms with E-state index in [2.05, 4.69) is 22.8 Å². The highest BCUT2D eigenvalue weighted by Gasteiger charge is 2.47. The molecule has 2 aliphatic heterocycles. The van der Waals surface area contributed by atoms with Crippen molar-refractivity contribution < 1.29 is 9.53 Å². The Morgan fingerprint density at radius 3 is 2.54 bits per heavy atom. The molecule has 1 amide bonds. The van der Waals surface area contributed by atoms with Gasteiger partial charge in [0.05, 0.1) is 5.92 Å². The molecular formula is C18H26N4O2. The number of hydrazine groups is 1. The van der Waals surface area contributed by atoms with Gasteiger partial charge in [-0.05, 0) is 37.8 Å². The summed E-state index contributed by atoms with van der Waals surface area (Å²) in [5, 5.41) is 0. The first-order valence-electron chi connectivity index (χ1n) is 9.09. The maximum absolute atomic E-state index is 13.0. The smallest absolute Gasteiger partial charge is 0.228 e. The average Bonchev–Trinajstić information content (AvgIpc) is 3.38. The van der Waals surface area contributed by atoms with Crippen molar-refractivity contribution >= 4 is 5.91 Å². The molecule has 2 saturated heterocycles. The fourth-order valence-corrected chi connectivity index (χ4v) is 3.97. The average molecular weight is 330 g/mol. The lowest BCUT2D eigenvalue weighted by atomic mass is 9.90. The standard InChI is InChI=1S/C18H26N4O2/c1-12-16(17(21-20-12)13-2-3-13)18(23)22-10-6-15(7-11-22)24-14-4-8-19-9-5-14/h4-5,8-9,12-13,15-17,20-21H,2-3,6-7,10-11H2,1H3. The van der Waals surface area contributed by atoms with E-state index in [-0.39, 0.29) is 18.1 Å². The number of ether oxygens (including phenoxy) is 1. The van der Waals surface area contributed by atoms with Crippen molar-refractivity contribution in [3.05, 3.63) is 24.5 Å². The largest absolute Gasteiger partial charge is 0.490 e. The summed E-state index contributed by atoms with van der Waals surface area (Å²) in [6.45, 7) is 3.68. The maximum atomic E-state index is 13.0. The lowest BCUT2D eigenvalue weighted by molar-refractivity contribution is -0.138. The normalized spacial score (nSPS) is 31.2. The Kier molecular flexibility index (Phi) is 4.41. The third-order valence-corrected chi connectivity index (χ3v) is 5.52.